The molecule has 0 saturated carbocycles. The molecule has 4 heteroatoms. The summed E-state index contributed by atoms with van der Waals surface area (Å²) >= 11 is 0. The lowest BCUT2D eigenvalue weighted by molar-refractivity contribution is -0.136. The molecule has 1 atom stereocenters. The molecule has 0 radical (unpaired) electrons. The fourth-order valence-corrected chi connectivity index (χ4v) is 2.58. The predicted molar refractivity (Wildman–Crippen MR) is 87.3 cm³/mol. The van der Waals surface area contributed by atoms with Crippen molar-refractivity contribution in [3.63, 3.8) is 0 Å². The molecule has 1 aliphatic rings. The first-order valence-electron chi connectivity index (χ1n) is 7.26. The maximum absolute atomic E-state index is 13.1. The average molecular weight is 309 g/mol. The highest BCUT2D eigenvalue weighted by Gasteiger charge is 2.25. The zero-order chi connectivity index (χ0) is 16.2. The number of esters is 1. The molecule has 0 amide bonds. The van der Waals surface area contributed by atoms with Crippen LogP contribution in [0.5, 0.6) is 0 Å². The number of rotatable bonds is 3. The van der Waals surface area contributed by atoms with Gasteiger partial charge in [0, 0.05) is 24.0 Å². The molecule has 1 heterocycles. The highest BCUT2D eigenvalue weighted by molar-refractivity contribution is 5.92. The smallest absolute Gasteiger partial charge is 0.336 e. The third kappa shape index (κ3) is 3.16. The quantitative estimate of drug-likeness (QED) is 0.803. The Balaban J connectivity index is 1.97. The Bertz CT molecular complexity index is 751. The van der Waals surface area contributed by atoms with Gasteiger partial charge in [0.1, 0.15) is 5.82 Å². The first-order chi connectivity index (χ1) is 11.2. The van der Waals surface area contributed by atoms with Crippen LogP contribution in [0.4, 0.5) is 10.1 Å². The van der Waals surface area contributed by atoms with Crippen LogP contribution < -0.4 is 4.90 Å². The van der Waals surface area contributed by atoms with Crippen LogP contribution in [0, 0.1) is 5.82 Å². The van der Waals surface area contributed by atoms with Gasteiger partial charge in [-0.1, -0.05) is 36.4 Å². The maximum Gasteiger partial charge on any atom is 0.336 e. The van der Waals surface area contributed by atoms with Crippen molar-refractivity contribution in [3.8, 4) is 0 Å². The van der Waals surface area contributed by atoms with Gasteiger partial charge >= 0.3 is 5.97 Å². The van der Waals surface area contributed by atoms with E-state index in [4.69, 9.17) is 4.74 Å². The molecule has 0 fully saturated rings. The second-order valence-corrected chi connectivity index (χ2v) is 5.19. The van der Waals surface area contributed by atoms with Gasteiger partial charge in [-0.3, -0.25) is 0 Å². The van der Waals surface area contributed by atoms with Crippen LogP contribution in [0.1, 0.15) is 11.5 Å². The summed E-state index contributed by atoms with van der Waals surface area (Å²) in [5.74, 6) is -0.843. The van der Waals surface area contributed by atoms with Gasteiger partial charge in [0.2, 0.25) is 0 Å². The number of anilines is 1. The molecule has 0 spiro atoms. The van der Waals surface area contributed by atoms with Gasteiger partial charge in [-0.05, 0) is 29.8 Å². The van der Waals surface area contributed by atoms with E-state index in [1.807, 2.05) is 42.6 Å². The Morgan fingerprint density at radius 2 is 1.78 bits per heavy atom. The maximum atomic E-state index is 13.1. The van der Waals surface area contributed by atoms with Crippen molar-refractivity contribution in [2.24, 2.45) is 0 Å². The van der Waals surface area contributed by atoms with Crippen molar-refractivity contribution >= 4 is 11.7 Å². The van der Waals surface area contributed by atoms with Crippen LogP contribution >= 0.6 is 0 Å². The number of ether oxygens (including phenoxy) is 1. The summed E-state index contributed by atoms with van der Waals surface area (Å²) < 4.78 is 18.0. The van der Waals surface area contributed by atoms with E-state index in [-0.39, 0.29) is 17.7 Å². The Morgan fingerprint density at radius 3 is 2.43 bits per heavy atom. The van der Waals surface area contributed by atoms with Crippen LogP contribution in [0.3, 0.4) is 0 Å². The molecule has 23 heavy (non-hydrogen) atoms. The number of carbonyl (C=O) groups is 1. The van der Waals surface area contributed by atoms with E-state index < -0.39 is 0 Å². The first kappa shape index (κ1) is 15.0. The largest absolute Gasteiger partial charge is 0.466 e. The molecule has 0 bridgehead atoms. The minimum absolute atomic E-state index is 0.166. The average Bonchev–Trinajstić information content (AvgIpc) is 2.62. The van der Waals surface area contributed by atoms with Gasteiger partial charge in [0.15, 0.2) is 0 Å². The fourth-order valence-electron chi connectivity index (χ4n) is 2.58. The van der Waals surface area contributed by atoms with E-state index in [0.29, 0.717) is 5.57 Å². The third-order valence-electron chi connectivity index (χ3n) is 3.76. The van der Waals surface area contributed by atoms with Crippen LogP contribution in [-0.2, 0) is 9.53 Å². The summed E-state index contributed by atoms with van der Waals surface area (Å²) in [6.45, 7) is 0. The lowest BCUT2D eigenvalue weighted by atomic mass is 9.90. The summed E-state index contributed by atoms with van der Waals surface area (Å²) in [7, 11) is 1.37. The lowest BCUT2D eigenvalue weighted by Gasteiger charge is -2.26. The van der Waals surface area contributed by atoms with Gasteiger partial charge in [-0.2, -0.15) is 0 Å². The molecule has 0 aliphatic carbocycles. The molecular formula is C19H16FNO2. The van der Waals surface area contributed by atoms with Gasteiger partial charge in [0.25, 0.3) is 0 Å². The second-order valence-electron chi connectivity index (χ2n) is 5.19. The predicted octanol–water partition coefficient (Wildman–Crippen LogP) is 4.00. The SMILES string of the molecule is COC(=O)C1=CN(c2ccc(F)cc2)C=CC1c1ccccc1. The molecule has 0 N–H and O–H groups in total. The zero-order valence-electron chi connectivity index (χ0n) is 12.6. The van der Waals surface area contributed by atoms with Crippen LogP contribution in [-0.4, -0.2) is 13.1 Å². The molecule has 1 unspecified atom stereocenters. The molecule has 3 nitrogen and oxygen atoms in total. The van der Waals surface area contributed by atoms with Crippen molar-refractivity contribution in [3.05, 3.63) is 90.0 Å². The molecule has 1 aliphatic heterocycles. The number of allylic oxidation sites excluding steroid dienone is 1. The minimum atomic E-state index is -0.379. The first-order valence-corrected chi connectivity index (χ1v) is 7.26. The van der Waals surface area contributed by atoms with Gasteiger partial charge < -0.3 is 9.64 Å². The molecule has 0 saturated heterocycles. The Morgan fingerprint density at radius 1 is 1.09 bits per heavy atom. The number of nitrogens with zero attached hydrogens (tertiary/aromatic N) is 1. The topological polar surface area (TPSA) is 29.5 Å². The number of hydrogen-bond donors (Lipinski definition) is 0. The summed E-state index contributed by atoms with van der Waals surface area (Å²) in [5, 5.41) is 0. The normalized spacial score (nSPS) is 16.9. The third-order valence-corrected chi connectivity index (χ3v) is 3.76. The Labute approximate surface area is 134 Å². The van der Waals surface area contributed by atoms with Crippen molar-refractivity contribution in [1.82, 2.24) is 0 Å². The second kappa shape index (κ2) is 6.48. The summed E-state index contributed by atoms with van der Waals surface area (Å²) in [6.07, 6.45) is 5.54. The molecule has 2 aromatic carbocycles. The number of halogens is 1. The van der Waals surface area contributed by atoms with E-state index in [1.54, 1.807) is 23.2 Å². The Kier molecular flexibility index (Phi) is 4.24. The highest BCUT2D eigenvalue weighted by Crippen LogP contribution is 2.32. The van der Waals surface area contributed by atoms with Crippen LogP contribution in [0.2, 0.25) is 0 Å². The van der Waals surface area contributed by atoms with E-state index in [1.165, 1.54) is 19.2 Å². The van der Waals surface area contributed by atoms with Crippen LogP contribution in [0.15, 0.2) is 78.6 Å². The zero-order valence-corrected chi connectivity index (χ0v) is 12.6. The highest BCUT2D eigenvalue weighted by atomic mass is 19.1. The Hall–Kier alpha value is -2.88. The summed E-state index contributed by atoms with van der Waals surface area (Å²) in [5.41, 5.74) is 2.32. The van der Waals surface area contributed by atoms with Crippen molar-refractivity contribution in [2.45, 2.75) is 5.92 Å². The molecule has 116 valence electrons. The van der Waals surface area contributed by atoms with Gasteiger partial charge in [-0.25, -0.2) is 9.18 Å². The standard InChI is InChI=1S/C19H16FNO2/c1-23-19(22)18-13-21(16-9-7-15(20)8-10-16)12-11-17(18)14-5-3-2-4-6-14/h2-13,17H,1H3. The van der Waals surface area contributed by atoms with E-state index in [0.717, 1.165) is 11.3 Å². The van der Waals surface area contributed by atoms with Crippen molar-refractivity contribution in [2.75, 3.05) is 12.0 Å². The van der Waals surface area contributed by atoms with E-state index >= 15 is 0 Å². The number of methoxy groups -OCH3 is 1. The monoisotopic (exact) mass is 309 g/mol. The summed E-state index contributed by atoms with van der Waals surface area (Å²) in [6, 6.07) is 15.8. The lowest BCUT2D eigenvalue weighted by Crippen LogP contribution is -2.21. The minimum Gasteiger partial charge on any atom is -0.466 e. The molecule has 3 rings (SSSR count). The van der Waals surface area contributed by atoms with Gasteiger partial charge in [0.05, 0.1) is 12.7 Å². The van der Waals surface area contributed by atoms with E-state index in [9.17, 15) is 9.18 Å². The molecule has 2 aromatic rings. The number of carbonyl (C=O) groups excluding carboxylic acids is 1. The number of benzene rings is 2. The fraction of sp³-hybridized carbons (Fsp3) is 0.105. The number of hydrogen-bond acceptors (Lipinski definition) is 3. The van der Waals surface area contributed by atoms with Crippen molar-refractivity contribution < 1.29 is 13.9 Å². The molecular weight excluding hydrogens is 293 g/mol. The summed E-state index contributed by atoms with van der Waals surface area (Å²) in [4.78, 5) is 14.0. The molecule has 0 aromatic heterocycles. The van der Waals surface area contributed by atoms with Crippen molar-refractivity contribution in [1.29, 1.82) is 0 Å². The van der Waals surface area contributed by atoms with E-state index in [2.05, 4.69) is 0 Å². The van der Waals surface area contributed by atoms with Gasteiger partial charge in [-0.15, -0.1) is 0 Å². The van der Waals surface area contributed by atoms with Crippen LogP contribution in [0.25, 0.3) is 0 Å².